The van der Waals surface area contributed by atoms with Crippen molar-refractivity contribution in [1.82, 2.24) is 4.57 Å². The smallest absolute Gasteiger partial charge is 0.0485 e. The fraction of sp³-hybridized carbons (Fsp3) is 0.176. The van der Waals surface area contributed by atoms with E-state index in [9.17, 15) is 0 Å². The standard InChI is InChI=1S/C17H16ClN/c1-2-16-11-14-5-3-4-6-17(14)19(16)12-13-7-9-15(18)10-8-13/h3-11H,2,12H2,1H3. The number of aromatic nitrogens is 1. The predicted molar refractivity (Wildman–Crippen MR) is 81.9 cm³/mol. The van der Waals surface area contributed by atoms with Crippen LogP contribution in [0.2, 0.25) is 5.02 Å². The van der Waals surface area contributed by atoms with Crippen molar-refractivity contribution < 1.29 is 0 Å². The van der Waals surface area contributed by atoms with Crippen LogP contribution in [0.4, 0.5) is 0 Å². The molecular formula is C17H16ClN. The van der Waals surface area contributed by atoms with Gasteiger partial charge in [-0.1, -0.05) is 48.9 Å². The van der Waals surface area contributed by atoms with Crippen molar-refractivity contribution in [3.8, 4) is 0 Å². The summed E-state index contributed by atoms with van der Waals surface area (Å²) >= 11 is 5.94. The lowest BCUT2D eigenvalue weighted by atomic mass is 10.2. The Kier molecular flexibility index (Phi) is 3.31. The maximum absolute atomic E-state index is 5.94. The van der Waals surface area contributed by atoms with Crippen molar-refractivity contribution in [2.45, 2.75) is 19.9 Å². The van der Waals surface area contributed by atoms with Crippen molar-refractivity contribution in [3.63, 3.8) is 0 Å². The zero-order valence-corrected chi connectivity index (χ0v) is 11.7. The first-order chi connectivity index (χ1) is 9.28. The topological polar surface area (TPSA) is 4.93 Å². The monoisotopic (exact) mass is 269 g/mol. The maximum Gasteiger partial charge on any atom is 0.0485 e. The van der Waals surface area contributed by atoms with Gasteiger partial charge in [-0.2, -0.15) is 0 Å². The Morgan fingerprint density at radius 1 is 1.00 bits per heavy atom. The fourth-order valence-electron chi connectivity index (χ4n) is 2.52. The van der Waals surface area contributed by atoms with Gasteiger partial charge in [0.1, 0.15) is 0 Å². The van der Waals surface area contributed by atoms with Gasteiger partial charge in [-0.05, 0) is 41.6 Å². The predicted octanol–water partition coefficient (Wildman–Crippen LogP) is 4.91. The number of rotatable bonds is 3. The van der Waals surface area contributed by atoms with E-state index in [1.807, 2.05) is 12.1 Å². The first-order valence-electron chi connectivity index (χ1n) is 6.59. The van der Waals surface area contributed by atoms with Crippen molar-refractivity contribution in [2.24, 2.45) is 0 Å². The molecular weight excluding hydrogens is 254 g/mol. The second kappa shape index (κ2) is 5.10. The van der Waals surface area contributed by atoms with Gasteiger partial charge < -0.3 is 4.57 Å². The highest BCUT2D eigenvalue weighted by Gasteiger charge is 2.07. The molecule has 1 nitrogen and oxygen atoms in total. The average Bonchev–Trinajstić information content (AvgIpc) is 2.79. The van der Waals surface area contributed by atoms with Crippen molar-refractivity contribution >= 4 is 22.5 Å². The lowest BCUT2D eigenvalue weighted by Gasteiger charge is -2.10. The van der Waals surface area contributed by atoms with Gasteiger partial charge in [0.05, 0.1) is 0 Å². The van der Waals surface area contributed by atoms with E-state index in [1.165, 1.54) is 22.2 Å². The van der Waals surface area contributed by atoms with Crippen LogP contribution in [0.15, 0.2) is 54.6 Å². The van der Waals surface area contributed by atoms with E-state index in [2.05, 4.69) is 54.0 Å². The molecule has 0 saturated carbocycles. The van der Waals surface area contributed by atoms with Crippen molar-refractivity contribution in [1.29, 1.82) is 0 Å². The van der Waals surface area contributed by atoms with E-state index >= 15 is 0 Å². The van der Waals surface area contributed by atoms with E-state index in [4.69, 9.17) is 11.6 Å². The molecule has 0 aliphatic heterocycles. The van der Waals surface area contributed by atoms with Crippen LogP contribution in [0.5, 0.6) is 0 Å². The molecule has 2 aromatic carbocycles. The van der Waals surface area contributed by atoms with Crippen LogP contribution in [0.25, 0.3) is 10.9 Å². The summed E-state index contributed by atoms with van der Waals surface area (Å²) in [6.45, 7) is 3.10. The van der Waals surface area contributed by atoms with E-state index in [1.54, 1.807) is 0 Å². The van der Waals surface area contributed by atoms with E-state index in [0.717, 1.165) is 18.0 Å². The number of fused-ring (bicyclic) bond motifs is 1. The second-order valence-electron chi connectivity index (χ2n) is 4.76. The molecule has 19 heavy (non-hydrogen) atoms. The van der Waals surface area contributed by atoms with Crippen LogP contribution in [-0.4, -0.2) is 4.57 Å². The first kappa shape index (κ1) is 12.3. The molecule has 0 unspecified atom stereocenters. The number of halogens is 1. The summed E-state index contributed by atoms with van der Waals surface area (Å²) in [5, 5.41) is 2.10. The lowest BCUT2D eigenvalue weighted by Crippen LogP contribution is -2.03. The number of nitrogens with zero attached hydrogens (tertiary/aromatic N) is 1. The molecule has 0 aliphatic rings. The zero-order chi connectivity index (χ0) is 13.2. The number of hydrogen-bond donors (Lipinski definition) is 0. The molecule has 1 heterocycles. The van der Waals surface area contributed by atoms with Gasteiger partial charge in [0.25, 0.3) is 0 Å². The number of hydrogen-bond acceptors (Lipinski definition) is 0. The summed E-state index contributed by atoms with van der Waals surface area (Å²) in [6.07, 6.45) is 1.04. The van der Waals surface area contributed by atoms with Crippen LogP contribution < -0.4 is 0 Å². The third kappa shape index (κ3) is 2.39. The van der Waals surface area contributed by atoms with Gasteiger partial charge in [-0.3, -0.25) is 0 Å². The Labute approximate surface area is 118 Å². The van der Waals surface area contributed by atoms with Crippen molar-refractivity contribution in [3.05, 3.63) is 70.9 Å². The van der Waals surface area contributed by atoms with E-state index in [0.29, 0.717) is 0 Å². The molecule has 0 N–H and O–H groups in total. The molecule has 0 radical (unpaired) electrons. The van der Waals surface area contributed by atoms with Gasteiger partial charge in [0.2, 0.25) is 0 Å². The van der Waals surface area contributed by atoms with Gasteiger partial charge in [0, 0.05) is 22.8 Å². The summed E-state index contributed by atoms with van der Waals surface area (Å²) in [5.74, 6) is 0. The highest BCUT2D eigenvalue weighted by Crippen LogP contribution is 2.22. The summed E-state index contributed by atoms with van der Waals surface area (Å²) in [7, 11) is 0. The SMILES string of the molecule is CCc1cc2ccccc2n1Cc1ccc(Cl)cc1. The molecule has 1 aromatic heterocycles. The quantitative estimate of drug-likeness (QED) is 0.637. The Balaban J connectivity index is 2.06. The Hall–Kier alpha value is -1.73. The maximum atomic E-state index is 5.94. The highest BCUT2D eigenvalue weighted by molar-refractivity contribution is 6.30. The molecule has 0 aliphatic carbocycles. The Morgan fingerprint density at radius 3 is 2.47 bits per heavy atom. The molecule has 3 aromatic rings. The summed E-state index contributed by atoms with van der Waals surface area (Å²) in [4.78, 5) is 0. The van der Waals surface area contributed by atoms with Crippen LogP contribution in [0, 0.1) is 0 Å². The first-order valence-corrected chi connectivity index (χ1v) is 6.97. The molecule has 0 atom stereocenters. The zero-order valence-electron chi connectivity index (χ0n) is 10.9. The third-order valence-electron chi connectivity index (χ3n) is 3.51. The number of aryl methyl sites for hydroxylation is 1. The summed E-state index contributed by atoms with van der Waals surface area (Å²) in [5.41, 5.74) is 3.95. The van der Waals surface area contributed by atoms with Crippen LogP contribution in [0.1, 0.15) is 18.2 Å². The van der Waals surface area contributed by atoms with E-state index < -0.39 is 0 Å². The number of para-hydroxylation sites is 1. The van der Waals surface area contributed by atoms with Crippen LogP contribution >= 0.6 is 11.6 Å². The van der Waals surface area contributed by atoms with Gasteiger partial charge in [-0.25, -0.2) is 0 Å². The molecule has 96 valence electrons. The van der Waals surface area contributed by atoms with Gasteiger partial charge in [0.15, 0.2) is 0 Å². The molecule has 0 spiro atoms. The minimum absolute atomic E-state index is 0.789. The largest absolute Gasteiger partial charge is 0.340 e. The highest BCUT2D eigenvalue weighted by atomic mass is 35.5. The lowest BCUT2D eigenvalue weighted by molar-refractivity contribution is 0.776. The second-order valence-corrected chi connectivity index (χ2v) is 5.20. The molecule has 2 heteroatoms. The minimum atomic E-state index is 0.789. The molecule has 0 bridgehead atoms. The number of benzene rings is 2. The average molecular weight is 270 g/mol. The third-order valence-corrected chi connectivity index (χ3v) is 3.76. The van der Waals surface area contributed by atoms with Crippen LogP contribution in [-0.2, 0) is 13.0 Å². The molecule has 3 rings (SSSR count). The Morgan fingerprint density at radius 2 is 1.74 bits per heavy atom. The summed E-state index contributed by atoms with van der Waals surface area (Å²) < 4.78 is 2.39. The van der Waals surface area contributed by atoms with Crippen LogP contribution in [0.3, 0.4) is 0 Å². The normalized spacial score (nSPS) is 11.1. The summed E-state index contributed by atoms with van der Waals surface area (Å²) in [6, 6.07) is 18.9. The molecule has 0 amide bonds. The van der Waals surface area contributed by atoms with Gasteiger partial charge >= 0.3 is 0 Å². The van der Waals surface area contributed by atoms with Gasteiger partial charge in [-0.15, -0.1) is 0 Å². The van der Waals surface area contributed by atoms with Crippen molar-refractivity contribution in [2.75, 3.05) is 0 Å². The van der Waals surface area contributed by atoms with E-state index in [-0.39, 0.29) is 0 Å². The minimum Gasteiger partial charge on any atom is -0.340 e. The molecule has 0 fully saturated rings. The fourth-order valence-corrected chi connectivity index (χ4v) is 2.65. The Bertz CT molecular complexity index is 695. The molecule has 0 saturated heterocycles.